The number of amides is 1. The number of rotatable bonds is 7. The van der Waals surface area contributed by atoms with Gasteiger partial charge < -0.3 is 15.0 Å². The zero-order valence-electron chi connectivity index (χ0n) is 15.6. The average Bonchev–Trinajstić information content (AvgIpc) is 3.10. The van der Waals surface area contributed by atoms with Gasteiger partial charge in [0.1, 0.15) is 5.82 Å². The Bertz CT molecular complexity index is 738. The third-order valence-electron chi connectivity index (χ3n) is 4.60. The molecule has 0 aliphatic carbocycles. The Morgan fingerprint density at radius 1 is 1.31 bits per heavy atom. The van der Waals surface area contributed by atoms with Gasteiger partial charge in [-0.25, -0.2) is 4.98 Å². The van der Waals surface area contributed by atoms with Gasteiger partial charge in [0.15, 0.2) is 0 Å². The van der Waals surface area contributed by atoms with E-state index >= 15 is 0 Å². The SMILES string of the molecule is CCCc1sc(C(=O)NCc2cccnc2N2CCOCC2)cc1CC. The molecule has 6 heteroatoms. The number of hydrogen-bond acceptors (Lipinski definition) is 5. The molecule has 0 aromatic carbocycles. The summed E-state index contributed by atoms with van der Waals surface area (Å²) < 4.78 is 5.42. The van der Waals surface area contributed by atoms with Crippen LogP contribution in [0.5, 0.6) is 0 Å². The van der Waals surface area contributed by atoms with Crippen LogP contribution < -0.4 is 10.2 Å². The minimum Gasteiger partial charge on any atom is -0.378 e. The molecule has 0 atom stereocenters. The Morgan fingerprint density at radius 2 is 2.12 bits per heavy atom. The topological polar surface area (TPSA) is 54.5 Å². The maximum atomic E-state index is 12.6. The predicted molar refractivity (Wildman–Crippen MR) is 106 cm³/mol. The van der Waals surface area contributed by atoms with Gasteiger partial charge in [-0.15, -0.1) is 11.3 Å². The third kappa shape index (κ3) is 4.43. The van der Waals surface area contributed by atoms with Crippen LogP contribution in [0.15, 0.2) is 24.4 Å². The summed E-state index contributed by atoms with van der Waals surface area (Å²) in [5.41, 5.74) is 2.35. The number of carbonyl (C=O) groups is 1. The maximum absolute atomic E-state index is 12.6. The molecule has 2 aromatic heterocycles. The van der Waals surface area contributed by atoms with E-state index in [1.807, 2.05) is 12.1 Å². The van der Waals surface area contributed by atoms with Gasteiger partial charge in [-0.1, -0.05) is 26.3 Å². The third-order valence-corrected chi connectivity index (χ3v) is 5.83. The van der Waals surface area contributed by atoms with Crippen molar-refractivity contribution >= 4 is 23.1 Å². The highest BCUT2D eigenvalue weighted by molar-refractivity contribution is 7.14. The van der Waals surface area contributed by atoms with Crippen molar-refractivity contribution in [2.24, 2.45) is 0 Å². The Hall–Kier alpha value is -1.92. The molecule has 2 aromatic rings. The lowest BCUT2D eigenvalue weighted by molar-refractivity contribution is 0.0954. The van der Waals surface area contributed by atoms with E-state index in [2.05, 4.69) is 35.1 Å². The number of aryl methyl sites for hydroxylation is 2. The fraction of sp³-hybridized carbons (Fsp3) is 0.500. The standard InChI is InChI=1S/C20H27N3O2S/c1-3-6-17-15(4-2)13-18(26-17)20(24)22-14-16-7-5-8-21-19(16)23-9-11-25-12-10-23/h5,7-8,13H,3-4,6,9-12,14H2,1-2H3,(H,22,24). The molecule has 3 heterocycles. The summed E-state index contributed by atoms with van der Waals surface area (Å²) >= 11 is 1.63. The second-order valence-electron chi connectivity index (χ2n) is 6.43. The normalized spacial score (nSPS) is 14.5. The average molecular weight is 374 g/mol. The number of anilines is 1. The van der Waals surface area contributed by atoms with Gasteiger partial charge in [-0.05, 0) is 30.5 Å². The molecule has 1 aliphatic heterocycles. The van der Waals surface area contributed by atoms with Gasteiger partial charge >= 0.3 is 0 Å². The number of nitrogens with one attached hydrogen (secondary N) is 1. The van der Waals surface area contributed by atoms with Crippen LogP contribution >= 0.6 is 11.3 Å². The highest BCUT2D eigenvalue weighted by Gasteiger charge is 2.17. The molecule has 1 saturated heterocycles. The molecule has 0 unspecified atom stereocenters. The fourth-order valence-electron chi connectivity index (χ4n) is 3.21. The van der Waals surface area contributed by atoms with Crippen molar-refractivity contribution in [1.82, 2.24) is 10.3 Å². The lowest BCUT2D eigenvalue weighted by Crippen LogP contribution is -2.37. The van der Waals surface area contributed by atoms with E-state index in [1.54, 1.807) is 17.5 Å². The van der Waals surface area contributed by atoms with Crippen LogP contribution in [0.2, 0.25) is 0 Å². The molecule has 1 aliphatic rings. The van der Waals surface area contributed by atoms with E-state index in [4.69, 9.17) is 4.74 Å². The van der Waals surface area contributed by atoms with Crippen LogP contribution in [0, 0.1) is 0 Å². The summed E-state index contributed by atoms with van der Waals surface area (Å²) in [6, 6.07) is 6.01. The number of aromatic nitrogens is 1. The molecule has 0 saturated carbocycles. The van der Waals surface area contributed by atoms with E-state index in [0.717, 1.165) is 61.8 Å². The second kappa shape index (κ2) is 9.14. The monoisotopic (exact) mass is 373 g/mol. The number of nitrogens with zero attached hydrogens (tertiary/aromatic N) is 2. The maximum Gasteiger partial charge on any atom is 0.261 e. The van der Waals surface area contributed by atoms with Crippen molar-refractivity contribution in [3.8, 4) is 0 Å². The predicted octanol–water partition coefficient (Wildman–Crippen LogP) is 3.42. The lowest BCUT2D eigenvalue weighted by atomic mass is 10.1. The van der Waals surface area contributed by atoms with E-state index in [-0.39, 0.29) is 5.91 Å². The van der Waals surface area contributed by atoms with Gasteiger partial charge in [0, 0.05) is 36.3 Å². The first kappa shape index (κ1) is 18.9. The molecule has 5 nitrogen and oxygen atoms in total. The summed E-state index contributed by atoms with van der Waals surface area (Å²) in [5, 5.41) is 3.08. The van der Waals surface area contributed by atoms with Gasteiger partial charge in [-0.2, -0.15) is 0 Å². The molecule has 0 spiro atoms. The van der Waals surface area contributed by atoms with Gasteiger partial charge in [0.05, 0.1) is 18.1 Å². The quantitative estimate of drug-likeness (QED) is 0.808. The van der Waals surface area contributed by atoms with Crippen LogP contribution in [0.1, 0.15) is 45.9 Å². The first-order chi connectivity index (χ1) is 12.7. The molecular formula is C20H27N3O2S. The summed E-state index contributed by atoms with van der Waals surface area (Å²) in [5.74, 6) is 0.951. The van der Waals surface area contributed by atoms with E-state index in [0.29, 0.717) is 6.54 Å². The largest absolute Gasteiger partial charge is 0.378 e. The van der Waals surface area contributed by atoms with E-state index in [1.165, 1.54) is 10.4 Å². The number of thiophene rings is 1. The number of morpholine rings is 1. The Kier molecular flexibility index (Phi) is 6.63. The highest BCUT2D eigenvalue weighted by Crippen LogP contribution is 2.25. The lowest BCUT2D eigenvalue weighted by Gasteiger charge is -2.29. The Labute approximate surface area is 159 Å². The zero-order chi connectivity index (χ0) is 18.4. The molecular weight excluding hydrogens is 346 g/mol. The summed E-state index contributed by atoms with van der Waals surface area (Å²) in [7, 11) is 0. The smallest absolute Gasteiger partial charge is 0.261 e. The van der Waals surface area contributed by atoms with Gasteiger partial charge in [0.2, 0.25) is 0 Å². The van der Waals surface area contributed by atoms with Crippen molar-refractivity contribution in [3.05, 3.63) is 45.3 Å². The molecule has 26 heavy (non-hydrogen) atoms. The number of pyridine rings is 1. The number of carbonyl (C=O) groups excluding carboxylic acids is 1. The Balaban J connectivity index is 1.68. The minimum atomic E-state index is 0.00355. The van der Waals surface area contributed by atoms with Crippen LogP contribution in [0.3, 0.4) is 0 Å². The van der Waals surface area contributed by atoms with Crippen molar-refractivity contribution in [3.63, 3.8) is 0 Å². The van der Waals surface area contributed by atoms with Crippen LogP contribution in [0.4, 0.5) is 5.82 Å². The van der Waals surface area contributed by atoms with Crippen LogP contribution in [0.25, 0.3) is 0 Å². The van der Waals surface area contributed by atoms with Crippen molar-refractivity contribution in [2.45, 2.75) is 39.7 Å². The molecule has 0 bridgehead atoms. The molecule has 1 N–H and O–H groups in total. The van der Waals surface area contributed by atoms with Gasteiger partial charge in [-0.3, -0.25) is 4.79 Å². The molecule has 0 radical (unpaired) electrons. The number of hydrogen-bond donors (Lipinski definition) is 1. The van der Waals surface area contributed by atoms with Crippen LogP contribution in [-0.4, -0.2) is 37.2 Å². The fourth-order valence-corrected chi connectivity index (χ4v) is 4.48. The molecule has 1 amide bonds. The molecule has 140 valence electrons. The van der Waals surface area contributed by atoms with E-state index in [9.17, 15) is 4.79 Å². The molecule has 3 rings (SSSR count). The first-order valence-electron chi connectivity index (χ1n) is 9.39. The van der Waals surface area contributed by atoms with E-state index < -0.39 is 0 Å². The first-order valence-corrected chi connectivity index (χ1v) is 10.2. The Morgan fingerprint density at radius 3 is 2.85 bits per heavy atom. The second-order valence-corrected chi connectivity index (χ2v) is 7.57. The number of ether oxygens (including phenoxy) is 1. The van der Waals surface area contributed by atoms with Gasteiger partial charge in [0.25, 0.3) is 5.91 Å². The highest BCUT2D eigenvalue weighted by atomic mass is 32.1. The van der Waals surface area contributed by atoms with Crippen molar-refractivity contribution < 1.29 is 9.53 Å². The van der Waals surface area contributed by atoms with Crippen molar-refractivity contribution in [2.75, 3.05) is 31.2 Å². The zero-order valence-corrected chi connectivity index (χ0v) is 16.4. The summed E-state index contributed by atoms with van der Waals surface area (Å²) in [6.45, 7) is 7.92. The summed E-state index contributed by atoms with van der Waals surface area (Å²) in [4.78, 5) is 21.5. The minimum absolute atomic E-state index is 0.00355. The van der Waals surface area contributed by atoms with Crippen molar-refractivity contribution in [1.29, 1.82) is 0 Å². The molecule has 1 fully saturated rings. The van der Waals surface area contributed by atoms with Crippen LogP contribution in [-0.2, 0) is 24.1 Å². The summed E-state index contributed by atoms with van der Waals surface area (Å²) in [6.07, 6.45) is 4.93.